The molecular formula is C39H39ClN2O14S4. The van der Waals surface area contributed by atoms with E-state index in [4.69, 9.17) is 16.7 Å². The number of carboxylic acid groups (broad SMARTS) is 1. The van der Waals surface area contributed by atoms with Crippen LogP contribution < -0.4 is 4.90 Å². The molecule has 0 bridgehead atoms. The normalized spacial score (nSPS) is 17.5. The second-order valence-electron chi connectivity index (χ2n) is 15.4. The van der Waals surface area contributed by atoms with E-state index >= 15 is 0 Å². The largest absolute Gasteiger partial charge is 0.481 e. The molecule has 4 aromatic carbocycles. The summed E-state index contributed by atoms with van der Waals surface area (Å²) in [6, 6.07) is 9.53. The van der Waals surface area contributed by atoms with Crippen LogP contribution in [0.5, 0.6) is 0 Å². The number of benzene rings is 4. The molecule has 0 atom stereocenters. The first-order chi connectivity index (χ1) is 27.5. The second kappa shape index (κ2) is 15.4. The molecule has 60 heavy (non-hydrogen) atoms. The number of anilines is 1. The number of fused-ring (bicyclic) bond motifs is 6. The molecule has 0 saturated carbocycles. The molecule has 0 aromatic heterocycles. The lowest BCUT2D eigenvalue weighted by Gasteiger charge is -2.27. The predicted octanol–water partition coefficient (Wildman–Crippen LogP) is 7.35. The van der Waals surface area contributed by atoms with Gasteiger partial charge in [-0.25, -0.2) is 0 Å². The van der Waals surface area contributed by atoms with E-state index in [2.05, 4.69) is 4.99 Å². The van der Waals surface area contributed by atoms with Gasteiger partial charge in [0, 0.05) is 51.0 Å². The smallest absolute Gasteiger partial charge is 0.303 e. The fourth-order valence-electron chi connectivity index (χ4n) is 7.96. The van der Waals surface area contributed by atoms with Gasteiger partial charge in [0.1, 0.15) is 9.79 Å². The van der Waals surface area contributed by atoms with E-state index in [1.807, 2.05) is 18.7 Å². The van der Waals surface area contributed by atoms with E-state index in [0.29, 0.717) is 71.9 Å². The number of carboxylic acids is 1. The predicted molar refractivity (Wildman–Crippen MR) is 225 cm³/mol. The monoisotopic (exact) mass is 922 g/mol. The zero-order valence-corrected chi connectivity index (χ0v) is 36.3. The third-order valence-corrected chi connectivity index (χ3v) is 14.4. The molecule has 0 aliphatic carbocycles. The van der Waals surface area contributed by atoms with Gasteiger partial charge in [-0.1, -0.05) is 57.8 Å². The van der Waals surface area contributed by atoms with Crippen molar-refractivity contribution in [2.24, 2.45) is 4.99 Å². The number of unbranched alkanes of at least 4 members (excludes halogenated alkanes) is 2. The summed E-state index contributed by atoms with van der Waals surface area (Å²) >= 11 is 6.77. The van der Waals surface area contributed by atoms with Crippen molar-refractivity contribution in [1.29, 1.82) is 0 Å². The van der Waals surface area contributed by atoms with E-state index in [9.17, 15) is 56.7 Å². The van der Waals surface area contributed by atoms with Gasteiger partial charge in [-0.3, -0.25) is 28.0 Å². The summed E-state index contributed by atoms with van der Waals surface area (Å²) in [5.41, 5.74) is 0.900. The minimum atomic E-state index is -4.97. The van der Waals surface area contributed by atoms with Crippen LogP contribution in [0.3, 0.4) is 0 Å². The zero-order valence-electron chi connectivity index (χ0n) is 32.3. The van der Waals surface area contributed by atoms with Gasteiger partial charge in [0.2, 0.25) is 0 Å². The van der Waals surface area contributed by atoms with Gasteiger partial charge in [-0.05, 0) is 95.4 Å². The molecule has 0 amide bonds. The van der Waals surface area contributed by atoms with Gasteiger partial charge in [0.05, 0.1) is 21.2 Å². The van der Waals surface area contributed by atoms with Gasteiger partial charge < -0.3 is 10.0 Å². The quantitative estimate of drug-likeness (QED) is 0.0498. The third-order valence-electron chi connectivity index (χ3n) is 10.7. The summed E-state index contributed by atoms with van der Waals surface area (Å²) < 4.78 is 138. The van der Waals surface area contributed by atoms with E-state index < -0.39 is 76.9 Å². The van der Waals surface area contributed by atoms with Crippen molar-refractivity contribution in [2.45, 2.75) is 83.8 Å². The van der Waals surface area contributed by atoms with E-state index in [0.717, 1.165) is 12.1 Å². The first-order valence-corrected chi connectivity index (χ1v) is 24.2. The first-order valence-electron chi connectivity index (χ1n) is 18.0. The van der Waals surface area contributed by atoms with Gasteiger partial charge in [-0.15, -0.1) is 0 Å². The summed E-state index contributed by atoms with van der Waals surface area (Å²) in [5.74, 6) is -0.936. The summed E-state index contributed by atoms with van der Waals surface area (Å²) in [5, 5.41) is 9.57. The number of rotatable bonds is 13. The summed E-state index contributed by atoms with van der Waals surface area (Å²) in [6.45, 7) is 7.49. The maximum absolute atomic E-state index is 12.5. The summed E-state index contributed by atoms with van der Waals surface area (Å²) in [4.78, 5) is 14.8. The van der Waals surface area contributed by atoms with Crippen molar-refractivity contribution < 1.29 is 61.8 Å². The van der Waals surface area contributed by atoms with Crippen LogP contribution in [-0.4, -0.2) is 75.2 Å². The molecule has 21 heteroatoms. The van der Waals surface area contributed by atoms with Gasteiger partial charge in [0.15, 0.2) is 0 Å². The van der Waals surface area contributed by atoms with Crippen molar-refractivity contribution in [3.63, 3.8) is 0 Å². The van der Waals surface area contributed by atoms with E-state index in [1.165, 1.54) is 24.3 Å². The highest BCUT2D eigenvalue weighted by Crippen LogP contribution is 2.52. The van der Waals surface area contributed by atoms with Gasteiger partial charge >= 0.3 is 5.97 Å². The molecule has 0 unspecified atom stereocenters. The Kier molecular flexibility index (Phi) is 11.6. The average molecular weight is 923 g/mol. The Morgan fingerprint density at radius 3 is 1.75 bits per heavy atom. The highest BCUT2D eigenvalue weighted by atomic mass is 35.5. The number of nitrogens with zero attached hydrogens (tertiary/aromatic N) is 2. The Labute approximate surface area is 351 Å². The molecule has 5 N–H and O–H groups in total. The van der Waals surface area contributed by atoms with Gasteiger partial charge in [-0.2, -0.15) is 33.7 Å². The topological polar surface area (TPSA) is 270 Å². The van der Waals surface area contributed by atoms with Crippen molar-refractivity contribution >= 4 is 96.7 Å². The fraction of sp³-hybridized carbons (Fsp3) is 0.282. The Hall–Kier alpha value is -4.51. The van der Waals surface area contributed by atoms with Crippen molar-refractivity contribution in [3.8, 4) is 0 Å². The molecule has 0 fully saturated rings. The molecule has 4 aromatic rings. The minimum Gasteiger partial charge on any atom is -0.481 e. The number of halogens is 1. The van der Waals surface area contributed by atoms with Crippen LogP contribution >= 0.6 is 11.6 Å². The number of allylic oxidation sites excluding steroid dienone is 6. The van der Waals surface area contributed by atoms with Crippen molar-refractivity contribution in [3.05, 3.63) is 94.7 Å². The molecule has 2 aliphatic heterocycles. The Morgan fingerprint density at radius 1 is 0.700 bits per heavy atom. The lowest BCUT2D eigenvalue weighted by Crippen LogP contribution is -2.27. The number of aliphatic carboxylic acids is 1. The summed E-state index contributed by atoms with van der Waals surface area (Å²) in [7, 11) is -19.7. The highest BCUT2D eigenvalue weighted by molar-refractivity contribution is 7.87. The molecule has 2 heterocycles. The Morgan fingerprint density at radius 2 is 1.23 bits per heavy atom. The van der Waals surface area contributed by atoms with Crippen molar-refractivity contribution in [1.82, 2.24) is 0 Å². The molecule has 2 aliphatic rings. The van der Waals surface area contributed by atoms with Crippen LogP contribution in [0.15, 0.2) is 108 Å². The lowest BCUT2D eigenvalue weighted by molar-refractivity contribution is -0.137. The van der Waals surface area contributed by atoms with Crippen LogP contribution in [0, 0.1) is 0 Å². The lowest BCUT2D eigenvalue weighted by atomic mass is 9.79. The van der Waals surface area contributed by atoms with Crippen LogP contribution in [0.2, 0.25) is 0 Å². The van der Waals surface area contributed by atoms with E-state index in [1.54, 1.807) is 38.1 Å². The minimum absolute atomic E-state index is 0.00418. The highest BCUT2D eigenvalue weighted by Gasteiger charge is 2.42. The van der Waals surface area contributed by atoms with Crippen LogP contribution in [0.25, 0.3) is 21.5 Å². The van der Waals surface area contributed by atoms with Crippen LogP contribution in [-0.2, 0) is 56.1 Å². The maximum atomic E-state index is 12.5. The molecule has 0 radical (unpaired) electrons. The zero-order chi connectivity index (χ0) is 44.5. The average Bonchev–Trinajstić information content (AvgIpc) is 3.51. The fourth-order valence-corrected chi connectivity index (χ4v) is 10.8. The number of carbonyl (C=O) groups is 1. The number of hydrogen-bond acceptors (Lipinski definition) is 11. The second-order valence-corrected chi connectivity index (χ2v) is 21.5. The summed E-state index contributed by atoms with van der Waals surface area (Å²) in [6.07, 6.45) is 7.89. The molecule has 320 valence electrons. The third kappa shape index (κ3) is 8.52. The standard InChI is InChI=1S/C39H39ClN2O14S4/c1-38(2)33(41-29-13-11-25-27(36(29)38)18-23(57(45,46)47)20-31(25)59(51,52)53)15-9-22(40)10-16-34-39(3,4)37-28-19-24(58(48,49)50)21-32(60(54,55)56)26(28)12-14-30(37)42(34)17-7-5-6-8-35(43)44/h9-16,18-21H,5-8,17H2,1-4H3,(H,43,44)(H,45,46,47)(H,48,49,50)(H,51,52,53)(H,54,55,56)/b15-9+,22-10-,34-16+. The van der Waals surface area contributed by atoms with Crippen LogP contribution in [0.4, 0.5) is 11.4 Å². The van der Waals surface area contributed by atoms with Crippen molar-refractivity contribution in [2.75, 3.05) is 11.4 Å². The molecule has 0 saturated heterocycles. The van der Waals surface area contributed by atoms with Gasteiger partial charge in [0.25, 0.3) is 40.5 Å². The molecule has 6 rings (SSSR count). The number of aliphatic imine (C=N–C) groups is 1. The Bertz CT molecular complexity index is 3120. The molecule has 0 spiro atoms. The molecular weight excluding hydrogens is 884 g/mol. The SMILES string of the molecule is CC1(C)C(/C=C/C(Cl)=C/C=C2/N(CCCCCC(=O)O)c3ccc4c(S(=O)(=O)O)cc(S(=O)(=O)O)cc4c3C2(C)C)=Nc2ccc3c(S(=O)(=O)O)cc(S(=O)(=O)O)cc3c21. The Balaban J connectivity index is 1.42. The van der Waals surface area contributed by atoms with Crippen LogP contribution in [0.1, 0.15) is 64.5 Å². The molecule has 16 nitrogen and oxygen atoms in total. The first kappa shape index (κ1) is 45.0. The van der Waals surface area contributed by atoms with E-state index in [-0.39, 0.29) is 33.0 Å². The number of hydrogen-bond donors (Lipinski definition) is 5. The maximum Gasteiger partial charge on any atom is 0.303 e.